The second-order valence-electron chi connectivity index (χ2n) is 4.07. The highest BCUT2D eigenvalue weighted by Gasteiger charge is 2.14. The zero-order chi connectivity index (χ0) is 10.4. The standard InChI is InChI=1S/C9H19N3O/c1-7(2)5-9(13)12(11-10)6-8(3)4/h7-8,10H,5-6H2,1-4H3. The Bertz CT molecular complexity index is 178. The SMILES string of the molecule is CC(C)CC(=O)N(CC(C)C)N=N. The van der Waals surface area contributed by atoms with Gasteiger partial charge in [0.25, 0.3) is 0 Å². The molecule has 0 saturated carbocycles. The molecular formula is C9H19N3O. The topological polar surface area (TPSA) is 56.5 Å². The van der Waals surface area contributed by atoms with Gasteiger partial charge in [0.15, 0.2) is 0 Å². The summed E-state index contributed by atoms with van der Waals surface area (Å²) in [5.74, 6) is 0.618. The summed E-state index contributed by atoms with van der Waals surface area (Å²) in [7, 11) is 0. The number of amides is 1. The summed E-state index contributed by atoms with van der Waals surface area (Å²) in [6.45, 7) is 8.50. The lowest BCUT2D eigenvalue weighted by Gasteiger charge is -2.17. The summed E-state index contributed by atoms with van der Waals surface area (Å²) in [4.78, 5) is 11.4. The second kappa shape index (κ2) is 5.67. The highest BCUT2D eigenvalue weighted by Crippen LogP contribution is 2.07. The molecule has 0 unspecified atom stereocenters. The van der Waals surface area contributed by atoms with Gasteiger partial charge in [-0.15, -0.1) is 0 Å². The van der Waals surface area contributed by atoms with Gasteiger partial charge < -0.3 is 0 Å². The smallest absolute Gasteiger partial charge is 0.244 e. The van der Waals surface area contributed by atoms with Gasteiger partial charge in [0.2, 0.25) is 5.91 Å². The van der Waals surface area contributed by atoms with Crippen LogP contribution in [0.5, 0.6) is 0 Å². The molecule has 0 aromatic heterocycles. The summed E-state index contributed by atoms with van der Waals surface area (Å²) in [5.41, 5.74) is 6.86. The summed E-state index contributed by atoms with van der Waals surface area (Å²) in [6.07, 6.45) is 0.467. The van der Waals surface area contributed by atoms with Crippen LogP contribution in [0.4, 0.5) is 0 Å². The lowest BCUT2D eigenvalue weighted by Crippen LogP contribution is -2.29. The van der Waals surface area contributed by atoms with Crippen LogP contribution in [0.1, 0.15) is 34.1 Å². The van der Waals surface area contributed by atoms with Crippen LogP contribution in [0.25, 0.3) is 0 Å². The Morgan fingerprint density at radius 3 is 2.15 bits per heavy atom. The van der Waals surface area contributed by atoms with Crippen molar-refractivity contribution in [2.24, 2.45) is 17.1 Å². The molecule has 13 heavy (non-hydrogen) atoms. The van der Waals surface area contributed by atoms with E-state index in [1.165, 1.54) is 5.01 Å². The molecule has 1 amide bonds. The van der Waals surface area contributed by atoms with Crippen LogP contribution in [0, 0.1) is 17.4 Å². The van der Waals surface area contributed by atoms with E-state index in [0.717, 1.165) is 0 Å². The average Bonchev–Trinajstić information content (AvgIpc) is 1.98. The summed E-state index contributed by atoms with van der Waals surface area (Å²) in [5, 5.41) is 4.46. The number of carbonyl (C=O) groups excluding carboxylic acids is 1. The largest absolute Gasteiger partial charge is 0.273 e. The molecule has 76 valence electrons. The first kappa shape index (κ1) is 12.1. The molecule has 0 fully saturated rings. The molecule has 0 saturated heterocycles. The first-order chi connectivity index (χ1) is 5.97. The van der Waals surface area contributed by atoms with Crippen LogP contribution in [0.15, 0.2) is 5.22 Å². The van der Waals surface area contributed by atoms with Crippen LogP contribution < -0.4 is 0 Å². The normalized spacial score (nSPS) is 10.6. The molecule has 0 aliphatic carbocycles. The van der Waals surface area contributed by atoms with Gasteiger partial charge in [-0.1, -0.05) is 32.9 Å². The van der Waals surface area contributed by atoms with E-state index in [1.54, 1.807) is 0 Å². The van der Waals surface area contributed by atoms with Gasteiger partial charge in [-0.3, -0.25) is 4.79 Å². The highest BCUT2D eigenvalue weighted by atomic mass is 16.2. The number of nitrogens with one attached hydrogen (secondary N) is 1. The molecule has 0 aliphatic rings. The minimum absolute atomic E-state index is 0.0568. The van der Waals surface area contributed by atoms with E-state index in [4.69, 9.17) is 5.53 Å². The maximum atomic E-state index is 11.4. The van der Waals surface area contributed by atoms with E-state index >= 15 is 0 Å². The Balaban J connectivity index is 4.07. The van der Waals surface area contributed by atoms with Crippen LogP contribution in [0.2, 0.25) is 0 Å². The fourth-order valence-corrected chi connectivity index (χ4v) is 0.999. The summed E-state index contributed by atoms with van der Waals surface area (Å²) < 4.78 is 0. The minimum atomic E-state index is -0.0568. The van der Waals surface area contributed by atoms with Crippen LogP contribution >= 0.6 is 0 Å². The second-order valence-corrected chi connectivity index (χ2v) is 4.07. The number of nitrogens with zero attached hydrogens (tertiary/aromatic N) is 2. The van der Waals surface area contributed by atoms with Gasteiger partial charge in [0.1, 0.15) is 0 Å². The van der Waals surface area contributed by atoms with E-state index in [0.29, 0.717) is 24.8 Å². The summed E-state index contributed by atoms with van der Waals surface area (Å²) in [6, 6.07) is 0. The zero-order valence-electron chi connectivity index (χ0n) is 8.87. The lowest BCUT2D eigenvalue weighted by molar-refractivity contribution is -0.133. The number of carbonyl (C=O) groups is 1. The maximum Gasteiger partial charge on any atom is 0.244 e. The molecule has 0 atom stereocenters. The predicted octanol–water partition coefficient (Wildman–Crippen LogP) is 2.46. The zero-order valence-corrected chi connectivity index (χ0v) is 8.87. The van der Waals surface area contributed by atoms with Crippen molar-refractivity contribution in [1.29, 1.82) is 5.53 Å². The molecule has 0 heterocycles. The van der Waals surface area contributed by atoms with Gasteiger partial charge in [-0.05, 0) is 11.8 Å². The minimum Gasteiger partial charge on any atom is -0.273 e. The van der Waals surface area contributed by atoms with E-state index in [2.05, 4.69) is 5.22 Å². The fourth-order valence-electron chi connectivity index (χ4n) is 0.999. The molecule has 0 rings (SSSR count). The van der Waals surface area contributed by atoms with Crippen molar-refractivity contribution < 1.29 is 4.79 Å². The Hall–Kier alpha value is -0.930. The van der Waals surface area contributed by atoms with Crippen molar-refractivity contribution in [2.75, 3.05) is 6.54 Å². The molecular weight excluding hydrogens is 166 g/mol. The molecule has 1 N–H and O–H groups in total. The van der Waals surface area contributed by atoms with E-state index < -0.39 is 0 Å². The molecule has 0 bridgehead atoms. The molecule has 0 spiro atoms. The van der Waals surface area contributed by atoms with Crippen molar-refractivity contribution in [3.05, 3.63) is 0 Å². The van der Waals surface area contributed by atoms with E-state index in [1.807, 2.05) is 27.7 Å². The molecule has 0 aromatic rings. The Kier molecular flexibility index (Phi) is 5.26. The number of hydrogen-bond donors (Lipinski definition) is 1. The van der Waals surface area contributed by atoms with Gasteiger partial charge in [-0.25, -0.2) is 5.01 Å². The van der Waals surface area contributed by atoms with Crippen molar-refractivity contribution in [3.63, 3.8) is 0 Å². The molecule has 0 aliphatic heterocycles. The third-order valence-electron chi connectivity index (χ3n) is 1.53. The Morgan fingerprint density at radius 1 is 1.31 bits per heavy atom. The monoisotopic (exact) mass is 185 g/mol. The Morgan fingerprint density at radius 2 is 1.85 bits per heavy atom. The first-order valence-corrected chi connectivity index (χ1v) is 4.65. The molecule has 4 heteroatoms. The Labute approximate surface area is 79.8 Å². The van der Waals surface area contributed by atoms with Crippen molar-refractivity contribution in [1.82, 2.24) is 5.01 Å². The molecule has 4 nitrogen and oxygen atoms in total. The quantitative estimate of drug-likeness (QED) is 0.519. The molecule has 0 radical (unpaired) electrons. The van der Waals surface area contributed by atoms with Crippen molar-refractivity contribution in [3.8, 4) is 0 Å². The van der Waals surface area contributed by atoms with Crippen molar-refractivity contribution in [2.45, 2.75) is 34.1 Å². The summed E-state index contributed by atoms with van der Waals surface area (Å²) >= 11 is 0. The van der Waals surface area contributed by atoms with Gasteiger partial charge in [-0.2, -0.15) is 5.53 Å². The predicted molar refractivity (Wildman–Crippen MR) is 51.2 cm³/mol. The number of hydrogen-bond acceptors (Lipinski definition) is 3. The highest BCUT2D eigenvalue weighted by molar-refractivity contribution is 5.75. The third-order valence-corrected chi connectivity index (χ3v) is 1.53. The van der Waals surface area contributed by atoms with Crippen LogP contribution in [0.3, 0.4) is 0 Å². The van der Waals surface area contributed by atoms with Gasteiger partial charge in [0.05, 0.1) is 0 Å². The first-order valence-electron chi connectivity index (χ1n) is 4.65. The van der Waals surface area contributed by atoms with E-state index in [-0.39, 0.29) is 5.91 Å². The molecule has 0 aromatic carbocycles. The van der Waals surface area contributed by atoms with Crippen LogP contribution in [-0.4, -0.2) is 17.5 Å². The third kappa shape index (κ3) is 5.33. The lowest BCUT2D eigenvalue weighted by atomic mass is 10.1. The average molecular weight is 185 g/mol. The van der Waals surface area contributed by atoms with E-state index in [9.17, 15) is 4.79 Å². The number of rotatable bonds is 5. The maximum absolute atomic E-state index is 11.4. The fraction of sp³-hybridized carbons (Fsp3) is 0.889. The van der Waals surface area contributed by atoms with Crippen LogP contribution in [-0.2, 0) is 4.79 Å². The van der Waals surface area contributed by atoms with Crippen molar-refractivity contribution >= 4 is 5.91 Å². The van der Waals surface area contributed by atoms with Gasteiger partial charge in [0, 0.05) is 13.0 Å². The van der Waals surface area contributed by atoms with Gasteiger partial charge >= 0.3 is 0 Å².